The molecule has 0 fully saturated rings. The van der Waals surface area contributed by atoms with Crippen LogP contribution in [-0.2, 0) is 0 Å². The first-order valence-corrected chi connectivity index (χ1v) is 7.15. The summed E-state index contributed by atoms with van der Waals surface area (Å²) in [6.45, 7) is 0. The van der Waals surface area contributed by atoms with Crippen molar-refractivity contribution in [3.05, 3.63) is 50.5 Å². The van der Waals surface area contributed by atoms with Gasteiger partial charge in [0.25, 0.3) is 5.91 Å². The van der Waals surface area contributed by atoms with E-state index in [1.165, 1.54) is 0 Å². The highest BCUT2D eigenvalue weighted by Crippen LogP contribution is 2.24. The number of pyridine rings is 1. The van der Waals surface area contributed by atoms with Gasteiger partial charge in [0.15, 0.2) is 0 Å². The number of aromatic nitrogens is 1. The van der Waals surface area contributed by atoms with E-state index in [0.717, 1.165) is 0 Å². The minimum absolute atomic E-state index is 0.304. The van der Waals surface area contributed by atoms with Crippen LogP contribution >= 0.6 is 39.1 Å². The smallest absolute Gasteiger partial charge is 0.259 e. The highest BCUT2D eigenvalue weighted by Gasteiger charge is 2.13. The van der Waals surface area contributed by atoms with Gasteiger partial charge in [-0.1, -0.05) is 23.2 Å². The second-order valence-corrected chi connectivity index (χ2v) is 5.70. The molecular weight excluding hydrogens is 365 g/mol. The Morgan fingerprint density at radius 2 is 1.85 bits per heavy atom. The molecule has 0 aliphatic heterocycles. The van der Waals surface area contributed by atoms with Gasteiger partial charge in [0.2, 0.25) is 0 Å². The molecule has 0 bridgehead atoms. The van der Waals surface area contributed by atoms with Crippen molar-refractivity contribution in [2.75, 3.05) is 17.7 Å². The average Bonchev–Trinajstić information content (AvgIpc) is 2.37. The van der Waals surface area contributed by atoms with Crippen LogP contribution in [0.25, 0.3) is 0 Å². The number of nitrogens with one attached hydrogen (secondary N) is 2. The fraction of sp³-hybridized carbons (Fsp3) is 0.0769. The molecule has 0 spiro atoms. The van der Waals surface area contributed by atoms with Crippen LogP contribution in [0, 0.1) is 0 Å². The minimum atomic E-state index is -0.304. The number of anilines is 2. The predicted octanol–water partition coefficient (Wildman–Crippen LogP) is 4.44. The van der Waals surface area contributed by atoms with Crippen LogP contribution in [0.2, 0.25) is 10.0 Å². The Morgan fingerprint density at radius 1 is 1.20 bits per heavy atom. The third kappa shape index (κ3) is 3.62. The molecule has 0 saturated carbocycles. The zero-order chi connectivity index (χ0) is 14.7. The molecule has 104 valence electrons. The monoisotopic (exact) mass is 373 g/mol. The first kappa shape index (κ1) is 15.1. The number of hydrogen-bond donors (Lipinski definition) is 2. The molecule has 7 heteroatoms. The molecule has 1 aromatic carbocycles. The molecule has 2 aromatic rings. The summed E-state index contributed by atoms with van der Waals surface area (Å²) in [6.07, 6.45) is 1.61. The molecular formula is C13H10BrCl2N3O. The van der Waals surface area contributed by atoms with Crippen LogP contribution in [0.3, 0.4) is 0 Å². The van der Waals surface area contributed by atoms with Crippen molar-refractivity contribution in [2.45, 2.75) is 0 Å². The molecule has 20 heavy (non-hydrogen) atoms. The van der Waals surface area contributed by atoms with Gasteiger partial charge in [-0.3, -0.25) is 4.79 Å². The molecule has 1 amide bonds. The molecule has 0 saturated heterocycles. The lowest BCUT2D eigenvalue weighted by molar-refractivity contribution is 0.102. The number of halogens is 3. The summed E-state index contributed by atoms with van der Waals surface area (Å²) >= 11 is 15.1. The van der Waals surface area contributed by atoms with Crippen LogP contribution < -0.4 is 10.6 Å². The lowest BCUT2D eigenvalue weighted by Gasteiger charge is -2.10. The predicted molar refractivity (Wildman–Crippen MR) is 85.9 cm³/mol. The number of carbonyl (C=O) groups is 1. The zero-order valence-electron chi connectivity index (χ0n) is 10.4. The van der Waals surface area contributed by atoms with Gasteiger partial charge in [0.1, 0.15) is 5.82 Å². The van der Waals surface area contributed by atoms with Crippen molar-refractivity contribution in [1.82, 2.24) is 4.98 Å². The molecule has 0 aliphatic carbocycles. The first-order chi connectivity index (χ1) is 9.49. The standard InChI is InChI=1S/C13H10BrCl2N3O/c1-17-12-11(2-7(14)6-18-12)13(20)19-10-4-8(15)3-9(16)5-10/h2-6H,1H3,(H,17,18)(H,19,20). The van der Waals surface area contributed by atoms with Gasteiger partial charge in [0, 0.05) is 33.4 Å². The summed E-state index contributed by atoms with van der Waals surface area (Å²) in [7, 11) is 1.70. The van der Waals surface area contributed by atoms with E-state index >= 15 is 0 Å². The van der Waals surface area contributed by atoms with Gasteiger partial charge in [0.05, 0.1) is 5.56 Å². The number of nitrogens with zero attached hydrogens (tertiary/aromatic N) is 1. The van der Waals surface area contributed by atoms with Crippen LogP contribution in [0.15, 0.2) is 34.9 Å². The van der Waals surface area contributed by atoms with Crippen molar-refractivity contribution < 1.29 is 4.79 Å². The van der Waals surface area contributed by atoms with Gasteiger partial charge in [-0.2, -0.15) is 0 Å². The van der Waals surface area contributed by atoms with Gasteiger partial charge in [-0.05, 0) is 40.2 Å². The first-order valence-electron chi connectivity index (χ1n) is 5.60. The molecule has 0 aliphatic rings. The van der Waals surface area contributed by atoms with E-state index in [-0.39, 0.29) is 5.91 Å². The zero-order valence-corrected chi connectivity index (χ0v) is 13.5. The average molecular weight is 375 g/mol. The second kappa shape index (κ2) is 6.43. The van der Waals surface area contributed by atoms with Crippen LogP contribution in [0.5, 0.6) is 0 Å². The van der Waals surface area contributed by atoms with E-state index < -0.39 is 0 Å². The van der Waals surface area contributed by atoms with Crippen molar-refractivity contribution >= 4 is 56.5 Å². The molecule has 0 atom stereocenters. The van der Waals surface area contributed by atoms with E-state index in [2.05, 4.69) is 31.5 Å². The van der Waals surface area contributed by atoms with Crippen molar-refractivity contribution in [1.29, 1.82) is 0 Å². The van der Waals surface area contributed by atoms with E-state index in [4.69, 9.17) is 23.2 Å². The molecule has 2 rings (SSSR count). The number of carbonyl (C=O) groups excluding carboxylic acids is 1. The minimum Gasteiger partial charge on any atom is -0.372 e. The Hall–Kier alpha value is -1.30. The highest BCUT2D eigenvalue weighted by molar-refractivity contribution is 9.10. The maximum absolute atomic E-state index is 12.3. The van der Waals surface area contributed by atoms with Crippen LogP contribution in [-0.4, -0.2) is 17.9 Å². The summed E-state index contributed by atoms with van der Waals surface area (Å²) in [5.41, 5.74) is 0.938. The van der Waals surface area contributed by atoms with Gasteiger partial charge >= 0.3 is 0 Å². The van der Waals surface area contributed by atoms with E-state index in [1.807, 2.05) is 0 Å². The third-order valence-corrected chi connectivity index (χ3v) is 3.33. The van der Waals surface area contributed by atoms with Crippen molar-refractivity contribution in [3.63, 3.8) is 0 Å². The summed E-state index contributed by atoms with van der Waals surface area (Å²) in [4.78, 5) is 16.4. The molecule has 0 unspecified atom stereocenters. The van der Waals surface area contributed by atoms with Crippen LogP contribution in [0.1, 0.15) is 10.4 Å². The Bertz CT molecular complexity index is 644. The maximum Gasteiger partial charge on any atom is 0.259 e. The Morgan fingerprint density at radius 3 is 2.45 bits per heavy atom. The lowest BCUT2D eigenvalue weighted by atomic mass is 10.2. The van der Waals surface area contributed by atoms with Gasteiger partial charge in [-0.15, -0.1) is 0 Å². The van der Waals surface area contributed by atoms with Crippen molar-refractivity contribution in [2.24, 2.45) is 0 Å². The topological polar surface area (TPSA) is 54.0 Å². The normalized spacial score (nSPS) is 10.2. The third-order valence-electron chi connectivity index (χ3n) is 2.46. The van der Waals surface area contributed by atoms with Crippen molar-refractivity contribution in [3.8, 4) is 0 Å². The molecule has 1 heterocycles. The maximum atomic E-state index is 12.3. The van der Waals surface area contributed by atoms with E-state index in [0.29, 0.717) is 31.6 Å². The molecule has 1 aromatic heterocycles. The Kier molecular flexibility index (Phi) is 4.86. The molecule has 0 radical (unpaired) electrons. The van der Waals surface area contributed by atoms with E-state index in [9.17, 15) is 4.79 Å². The highest BCUT2D eigenvalue weighted by atomic mass is 79.9. The molecule has 2 N–H and O–H groups in total. The van der Waals surface area contributed by atoms with Gasteiger partial charge in [-0.25, -0.2) is 4.98 Å². The summed E-state index contributed by atoms with van der Waals surface area (Å²) in [6, 6.07) is 6.52. The van der Waals surface area contributed by atoms with Gasteiger partial charge < -0.3 is 10.6 Å². The summed E-state index contributed by atoms with van der Waals surface area (Å²) in [5, 5.41) is 6.51. The van der Waals surface area contributed by atoms with Crippen LogP contribution in [0.4, 0.5) is 11.5 Å². The SMILES string of the molecule is CNc1ncc(Br)cc1C(=O)Nc1cc(Cl)cc(Cl)c1. The summed E-state index contributed by atoms with van der Waals surface area (Å²) in [5.74, 6) is 0.181. The Labute approximate surface area is 134 Å². The fourth-order valence-electron chi connectivity index (χ4n) is 1.64. The number of benzene rings is 1. The quantitative estimate of drug-likeness (QED) is 0.834. The van der Waals surface area contributed by atoms with E-state index in [1.54, 1.807) is 37.5 Å². The molecule has 4 nitrogen and oxygen atoms in total. The number of rotatable bonds is 3. The number of hydrogen-bond acceptors (Lipinski definition) is 3. The largest absolute Gasteiger partial charge is 0.372 e. The lowest BCUT2D eigenvalue weighted by Crippen LogP contribution is -2.15. The fourth-order valence-corrected chi connectivity index (χ4v) is 2.49. The summed E-state index contributed by atoms with van der Waals surface area (Å²) < 4.78 is 0.714. The Balaban J connectivity index is 2.30. The second-order valence-electron chi connectivity index (χ2n) is 3.91. The number of amides is 1.